The van der Waals surface area contributed by atoms with E-state index in [0.29, 0.717) is 5.92 Å². The average molecular weight is 435 g/mol. The first-order valence-corrected chi connectivity index (χ1v) is 8.02. The first-order valence-electron chi connectivity index (χ1n) is 7.64. The van der Waals surface area contributed by atoms with Crippen molar-refractivity contribution in [2.24, 2.45) is 10.9 Å². The van der Waals surface area contributed by atoms with E-state index in [1.165, 1.54) is 17.7 Å². The van der Waals surface area contributed by atoms with Gasteiger partial charge in [0.05, 0.1) is 6.54 Å². The van der Waals surface area contributed by atoms with Crippen molar-refractivity contribution in [3.8, 4) is 0 Å². The van der Waals surface area contributed by atoms with Crippen LogP contribution in [0.3, 0.4) is 0 Å². The lowest BCUT2D eigenvalue weighted by atomic mass is 10.1. The lowest BCUT2D eigenvalue weighted by molar-refractivity contribution is 0.508. The lowest BCUT2D eigenvalue weighted by Gasteiger charge is -2.22. The fourth-order valence-electron chi connectivity index (χ4n) is 3.10. The molecule has 2 aliphatic heterocycles. The highest BCUT2D eigenvalue weighted by atomic mass is 127. The van der Waals surface area contributed by atoms with Gasteiger partial charge in [-0.05, 0) is 37.0 Å². The second-order valence-electron chi connectivity index (χ2n) is 6.04. The van der Waals surface area contributed by atoms with Crippen LogP contribution >= 0.6 is 35.6 Å². The molecule has 0 aromatic heterocycles. The van der Waals surface area contributed by atoms with Crippen LogP contribution in [0.15, 0.2) is 23.2 Å². The van der Waals surface area contributed by atoms with E-state index in [4.69, 9.17) is 11.6 Å². The van der Waals surface area contributed by atoms with Crippen LogP contribution in [0.2, 0.25) is 5.02 Å². The number of rotatable bonds is 3. The molecule has 1 atom stereocenters. The Balaban J connectivity index is 0.00000176. The van der Waals surface area contributed by atoms with Crippen LogP contribution < -0.4 is 10.2 Å². The minimum absolute atomic E-state index is 0. The Morgan fingerprint density at radius 2 is 2.18 bits per heavy atom. The van der Waals surface area contributed by atoms with Crippen molar-refractivity contribution >= 4 is 47.2 Å². The van der Waals surface area contributed by atoms with Gasteiger partial charge in [-0.25, -0.2) is 0 Å². The first kappa shape index (κ1) is 17.7. The van der Waals surface area contributed by atoms with Crippen molar-refractivity contribution in [1.82, 2.24) is 10.2 Å². The summed E-state index contributed by atoms with van der Waals surface area (Å²) in [6, 6.07) is 6.15. The van der Waals surface area contributed by atoms with E-state index in [9.17, 15) is 0 Å². The van der Waals surface area contributed by atoms with Crippen molar-refractivity contribution in [2.45, 2.75) is 13.3 Å². The van der Waals surface area contributed by atoms with Crippen molar-refractivity contribution in [3.63, 3.8) is 0 Å². The molecule has 2 heterocycles. The number of likely N-dealkylation sites (N-methyl/N-ethyl adjacent to an activating group) is 1. The molecule has 3 rings (SSSR count). The minimum atomic E-state index is 0. The van der Waals surface area contributed by atoms with Crippen LogP contribution in [-0.2, 0) is 0 Å². The van der Waals surface area contributed by atoms with Gasteiger partial charge >= 0.3 is 0 Å². The lowest BCUT2D eigenvalue weighted by Crippen LogP contribution is -2.38. The molecule has 6 heteroatoms. The molecule has 1 saturated heterocycles. The molecule has 0 saturated carbocycles. The Morgan fingerprint density at radius 1 is 1.36 bits per heavy atom. The molecule has 22 heavy (non-hydrogen) atoms. The van der Waals surface area contributed by atoms with Crippen LogP contribution in [-0.4, -0.2) is 50.6 Å². The number of nitrogens with one attached hydrogen (secondary N) is 1. The number of aryl methyl sites for hydroxylation is 1. The molecule has 4 nitrogen and oxygen atoms in total. The molecule has 1 aromatic rings. The SMILES string of the molecule is Cc1ccc(Cl)cc1N1CCC(CNC2=NCCN2C)C1.I. The predicted molar refractivity (Wildman–Crippen MR) is 105 cm³/mol. The fourth-order valence-corrected chi connectivity index (χ4v) is 3.27. The Kier molecular flexibility index (Phi) is 6.20. The van der Waals surface area contributed by atoms with E-state index >= 15 is 0 Å². The smallest absolute Gasteiger partial charge is 0.193 e. The van der Waals surface area contributed by atoms with E-state index < -0.39 is 0 Å². The van der Waals surface area contributed by atoms with Crippen molar-refractivity contribution < 1.29 is 0 Å². The maximum atomic E-state index is 6.13. The summed E-state index contributed by atoms with van der Waals surface area (Å²) in [6.07, 6.45) is 1.22. The van der Waals surface area contributed by atoms with E-state index in [-0.39, 0.29) is 24.0 Å². The van der Waals surface area contributed by atoms with Gasteiger partial charge in [-0.15, -0.1) is 24.0 Å². The Labute approximate surface area is 154 Å². The summed E-state index contributed by atoms with van der Waals surface area (Å²) < 4.78 is 0. The Bertz CT molecular complexity index is 549. The number of hydrogen-bond acceptors (Lipinski definition) is 4. The normalized spacial score (nSPS) is 20.9. The molecule has 2 aliphatic rings. The van der Waals surface area contributed by atoms with Gasteiger partial charge in [-0.3, -0.25) is 4.99 Å². The molecular weight excluding hydrogens is 411 g/mol. The zero-order valence-electron chi connectivity index (χ0n) is 13.2. The molecular formula is C16H24ClIN4. The summed E-state index contributed by atoms with van der Waals surface area (Å²) in [5.41, 5.74) is 2.58. The summed E-state index contributed by atoms with van der Waals surface area (Å²) in [6.45, 7) is 7.29. The third kappa shape index (κ3) is 3.98. The summed E-state index contributed by atoms with van der Waals surface area (Å²) in [7, 11) is 2.09. The third-order valence-electron chi connectivity index (χ3n) is 4.41. The van der Waals surface area contributed by atoms with Crippen molar-refractivity contribution in [3.05, 3.63) is 28.8 Å². The van der Waals surface area contributed by atoms with Crippen LogP contribution in [0.5, 0.6) is 0 Å². The number of hydrogen-bond donors (Lipinski definition) is 1. The number of benzene rings is 1. The Morgan fingerprint density at radius 3 is 2.91 bits per heavy atom. The summed E-state index contributed by atoms with van der Waals surface area (Å²) in [5, 5.41) is 4.31. The van der Waals surface area contributed by atoms with Crippen molar-refractivity contribution in [1.29, 1.82) is 0 Å². The van der Waals surface area contributed by atoms with Gasteiger partial charge in [0.1, 0.15) is 0 Å². The standard InChI is InChI=1S/C16H23ClN4.HI/c1-12-3-4-14(17)9-15(12)21-7-5-13(11-21)10-19-16-18-6-8-20(16)2;/h3-4,9,13H,5-8,10-11H2,1-2H3,(H,18,19);1H. The second kappa shape index (κ2) is 7.73. The number of nitrogens with zero attached hydrogens (tertiary/aromatic N) is 3. The van der Waals surface area contributed by atoms with Gasteiger partial charge in [0.25, 0.3) is 0 Å². The average Bonchev–Trinajstić information content (AvgIpc) is 3.08. The number of halogens is 2. The zero-order chi connectivity index (χ0) is 14.8. The van der Waals surface area contributed by atoms with Crippen molar-refractivity contribution in [2.75, 3.05) is 44.7 Å². The largest absolute Gasteiger partial charge is 0.371 e. The molecule has 1 aromatic carbocycles. The van der Waals surface area contributed by atoms with E-state index in [1.54, 1.807) is 0 Å². The molecule has 122 valence electrons. The quantitative estimate of drug-likeness (QED) is 0.742. The van der Waals surface area contributed by atoms with Crippen LogP contribution in [0.1, 0.15) is 12.0 Å². The molecule has 0 amide bonds. The molecule has 0 bridgehead atoms. The summed E-state index contributed by atoms with van der Waals surface area (Å²) >= 11 is 6.13. The van der Waals surface area contributed by atoms with Crippen LogP contribution in [0.25, 0.3) is 0 Å². The third-order valence-corrected chi connectivity index (χ3v) is 4.64. The zero-order valence-corrected chi connectivity index (χ0v) is 16.3. The highest BCUT2D eigenvalue weighted by Gasteiger charge is 2.24. The van der Waals surface area contributed by atoms with E-state index in [0.717, 1.165) is 43.7 Å². The topological polar surface area (TPSA) is 30.9 Å². The van der Waals surface area contributed by atoms with Gasteiger partial charge in [0, 0.05) is 43.9 Å². The number of aliphatic imine (C=N–C) groups is 1. The predicted octanol–water partition coefficient (Wildman–Crippen LogP) is 2.98. The van der Waals surface area contributed by atoms with Gasteiger partial charge in [0.2, 0.25) is 0 Å². The van der Waals surface area contributed by atoms with E-state index in [1.807, 2.05) is 6.07 Å². The van der Waals surface area contributed by atoms with Gasteiger partial charge < -0.3 is 15.1 Å². The van der Waals surface area contributed by atoms with Gasteiger partial charge in [0.15, 0.2) is 5.96 Å². The maximum Gasteiger partial charge on any atom is 0.193 e. The molecule has 0 spiro atoms. The minimum Gasteiger partial charge on any atom is -0.371 e. The summed E-state index contributed by atoms with van der Waals surface area (Å²) in [4.78, 5) is 9.12. The first-order chi connectivity index (χ1) is 10.1. The van der Waals surface area contributed by atoms with Gasteiger partial charge in [-0.1, -0.05) is 17.7 Å². The molecule has 0 aliphatic carbocycles. The Hall–Kier alpha value is -0.690. The molecule has 1 unspecified atom stereocenters. The highest BCUT2D eigenvalue weighted by Crippen LogP contribution is 2.29. The fraction of sp³-hybridized carbons (Fsp3) is 0.562. The maximum absolute atomic E-state index is 6.13. The number of anilines is 1. The number of guanidine groups is 1. The summed E-state index contributed by atoms with van der Waals surface area (Å²) in [5.74, 6) is 1.72. The molecule has 1 N–H and O–H groups in total. The highest BCUT2D eigenvalue weighted by molar-refractivity contribution is 14.0. The second-order valence-corrected chi connectivity index (χ2v) is 6.48. The molecule has 1 fully saturated rings. The monoisotopic (exact) mass is 434 g/mol. The van der Waals surface area contributed by atoms with E-state index in [2.05, 4.69) is 46.2 Å². The molecule has 0 radical (unpaired) electrons. The van der Waals surface area contributed by atoms with Crippen LogP contribution in [0.4, 0.5) is 5.69 Å². The van der Waals surface area contributed by atoms with Gasteiger partial charge in [-0.2, -0.15) is 0 Å². The van der Waals surface area contributed by atoms with Crippen LogP contribution in [0, 0.1) is 12.8 Å².